The Labute approximate surface area is 113 Å². The van der Waals surface area contributed by atoms with Crippen LogP contribution in [-0.2, 0) is 6.54 Å². The van der Waals surface area contributed by atoms with Gasteiger partial charge >= 0.3 is 6.03 Å². The van der Waals surface area contributed by atoms with Gasteiger partial charge in [-0.2, -0.15) is 0 Å². The first-order valence-corrected chi connectivity index (χ1v) is 6.49. The molecular formula is C14H20N2O3. The first-order valence-electron chi connectivity index (χ1n) is 6.49. The lowest BCUT2D eigenvalue weighted by Gasteiger charge is -2.18. The van der Waals surface area contributed by atoms with E-state index in [2.05, 4.69) is 5.32 Å². The van der Waals surface area contributed by atoms with Gasteiger partial charge < -0.3 is 19.7 Å². The van der Waals surface area contributed by atoms with Gasteiger partial charge in [-0.1, -0.05) is 6.07 Å². The van der Waals surface area contributed by atoms with E-state index in [9.17, 15) is 4.79 Å². The van der Waals surface area contributed by atoms with Crippen molar-refractivity contribution in [1.82, 2.24) is 10.2 Å². The summed E-state index contributed by atoms with van der Waals surface area (Å²) in [4.78, 5) is 13.8. The number of nitrogens with one attached hydrogen (secondary N) is 1. The number of likely N-dealkylation sites (tertiary alicyclic amines) is 1. The standard InChI is InChI=1S/C14H20N2O3/c1-18-12-6-5-7-13(19-2)11(12)10-15-14(17)16-8-3-4-9-16/h5-7H,3-4,8-10H2,1-2H3,(H,15,17). The van der Waals surface area contributed by atoms with Crippen molar-refractivity contribution in [2.24, 2.45) is 0 Å². The molecule has 0 aromatic heterocycles. The van der Waals surface area contributed by atoms with Crippen LogP contribution in [0.15, 0.2) is 18.2 Å². The highest BCUT2D eigenvalue weighted by atomic mass is 16.5. The van der Waals surface area contributed by atoms with Gasteiger partial charge in [0, 0.05) is 13.1 Å². The monoisotopic (exact) mass is 264 g/mol. The lowest BCUT2D eigenvalue weighted by molar-refractivity contribution is 0.208. The van der Waals surface area contributed by atoms with Crippen molar-refractivity contribution in [2.45, 2.75) is 19.4 Å². The molecular weight excluding hydrogens is 244 g/mol. The summed E-state index contributed by atoms with van der Waals surface area (Å²) in [6.07, 6.45) is 2.18. The number of methoxy groups -OCH3 is 2. The molecule has 0 spiro atoms. The molecule has 104 valence electrons. The summed E-state index contributed by atoms with van der Waals surface area (Å²) in [5.74, 6) is 1.45. The molecule has 0 atom stereocenters. The van der Waals surface area contributed by atoms with E-state index in [-0.39, 0.29) is 6.03 Å². The number of amides is 2. The Hall–Kier alpha value is -1.91. The fraction of sp³-hybridized carbons (Fsp3) is 0.500. The van der Waals surface area contributed by atoms with Gasteiger partial charge in [-0.3, -0.25) is 0 Å². The van der Waals surface area contributed by atoms with Crippen molar-refractivity contribution in [3.63, 3.8) is 0 Å². The number of hydrogen-bond donors (Lipinski definition) is 1. The minimum atomic E-state index is -0.0227. The zero-order valence-corrected chi connectivity index (χ0v) is 11.4. The molecule has 1 heterocycles. The van der Waals surface area contributed by atoms with E-state index in [1.54, 1.807) is 14.2 Å². The van der Waals surface area contributed by atoms with Gasteiger partial charge in [-0.05, 0) is 25.0 Å². The van der Waals surface area contributed by atoms with E-state index >= 15 is 0 Å². The number of rotatable bonds is 4. The van der Waals surface area contributed by atoms with Gasteiger partial charge in [0.25, 0.3) is 0 Å². The Morgan fingerprint density at radius 1 is 1.21 bits per heavy atom. The third-order valence-corrected chi connectivity index (χ3v) is 3.34. The number of urea groups is 1. The van der Waals surface area contributed by atoms with E-state index in [1.165, 1.54) is 0 Å². The Balaban J connectivity index is 2.03. The Kier molecular flexibility index (Phi) is 4.49. The van der Waals surface area contributed by atoms with Crippen LogP contribution < -0.4 is 14.8 Å². The third kappa shape index (κ3) is 3.10. The Bertz CT molecular complexity index is 420. The van der Waals surface area contributed by atoms with Gasteiger partial charge in [0.2, 0.25) is 0 Å². The molecule has 1 aliphatic rings. The molecule has 19 heavy (non-hydrogen) atoms. The zero-order chi connectivity index (χ0) is 13.7. The fourth-order valence-corrected chi connectivity index (χ4v) is 2.30. The second-order valence-corrected chi connectivity index (χ2v) is 4.49. The second-order valence-electron chi connectivity index (χ2n) is 4.49. The molecule has 1 fully saturated rings. The summed E-state index contributed by atoms with van der Waals surface area (Å²) in [6, 6.07) is 5.56. The first-order chi connectivity index (χ1) is 9.26. The molecule has 0 saturated carbocycles. The van der Waals surface area contributed by atoms with Gasteiger partial charge in [0.05, 0.1) is 26.3 Å². The lowest BCUT2D eigenvalue weighted by atomic mass is 10.1. The summed E-state index contributed by atoms with van der Waals surface area (Å²) in [5.41, 5.74) is 0.861. The van der Waals surface area contributed by atoms with Crippen molar-refractivity contribution in [2.75, 3.05) is 27.3 Å². The highest BCUT2D eigenvalue weighted by Gasteiger charge is 2.18. The number of ether oxygens (including phenoxy) is 2. The number of carbonyl (C=O) groups excluding carboxylic acids is 1. The lowest BCUT2D eigenvalue weighted by Crippen LogP contribution is -2.37. The maximum atomic E-state index is 12.0. The van der Waals surface area contributed by atoms with Gasteiger partial charge in [-0.25, -0.2) is 4.79 Å². The number of carbonyl (C=O) groups is 1. The summed E-state index contributed by atoms with van der Waals surface area (Å²) >= 11 is 0. The average molecular weight is 264 g/mol. The molecule has 1 aromatic rings. The fourth-order valence-electron chi connectivity index (χ4n) is 2.30. The zero-order valence-electron chi connectivity index (χ0n) is 11.4. The molecule has 2 amide bonds. The van der Waals surface area contributed by atoms with Crippen LogP contribution in [0.4, 0.5) is 4.79 Å². The minimum absolute atomic E-state index is 0.0227. The summed E-state index contributed by atoms with van der Waals surface area (Å²) in [6.45, 7) is 2.09. The van der Waals surface area contributed by atoms with E-state index in [0.717, 1.165) is 43.0 Å². The average Bonchev–Trinajstić information content (AvgIpc) is 2.98. The largest absolute Gasteiger partial charge is 0.496 e. The molecule has 0 unspecified atom stereocenters. The first kappa shape index (κ1) is 13.5. The van der Waals surface area contributed by atoms with Gasteiger partial charge in [0.15, 0.2) is 0 Å². The summed E-state index contributed by atoms with van der Waals surface area (Å²) in [5, 5.41) is 2.92. The van der Waals surface area contributed by atoms with E-state index in [0.29, 0.717) is 6.54 Å². The second kappa shape index (κ2) is 6.31. The van der Waals surface area contributed by atoms with E-state index in [1.807, 2.05) is 23.1 Å². The number of benzene rings is 1. The predicted molar refractivity (Wildman–Crippen MR) is 72.6 cm³/mol. The van der Waals surface area contributed by atoms with E-state index in [4.69, 9.17) is 9.47 Å². The minimum Gasteiger partial charge on any atom is -0.496 e. The molecule has 5 nitrogen and oxygen atoms in total. The highest BCUT2D eigenvalue weighted by Crippen LogP contribution is 2.27. The van der Waals surface area contributed by atoms with Crippen LogP contribution in [0.3, 0.4) is 0 Å². The van der Waals surface area contributed by atoms with Crippen LogP contribution in [0.1, 0.15) is 18.4 Å². The van der Waals surface area contributed by atoms with Crippen LogP contribution in [-0.4, -0.2) is 38.2 Å². The van der Waals surface area contributed by atoms with Crippen LogP contribution in [0, 0.1) is 0 Å². The summed E-state index contributed by atoms with van der Waals surface area (Å²) < 4.78 is 10.6. The molecule has 0 bridgehead atoms. The smallest absolute Gasteiger partial charge is 0.317 e. The van der Waals surface area contributed by atoms with Crippen molar-refractivity contribution in [1.29, 1.82) is 0 Å². The van der Waals surface area contributed by atoms with Crippen molar-refractivity contribution in [3.05, 3.63) is 23.8 Å². The van der Waals surface area contributed by atoms with Crippen molar-refractivity contribution in [3.8, 4) is 11.5 Å². The van der Waals surface area contributed by atoms with Crippen molar-refractivity contribution < 1.29 is 14.3 Å². The van der Waals surface area contributed by atoms with Crippen LogP contribution in [0.5, 0.6) is 11.5 Å². The number of nitrogens with zero attached hydrogens (tertiary/aromatic N) is 1. The molecule has 1 aliphatic heterocycles. The molecule has 1 saturated heterocycles. The predicted octanol–water partition coefficient (Wildman–Crippen LogP) is 2.01. The highest BCUT2D eigenvalue weighted by molar-refractivity contribution is 5.74. The molecule has 1 N–H and O–H groups in total. The molecule has 5 heteroatoms. The Morgan fingerprint density at radius 2 is 1.79 bits per heavy atom. The quantitative estimate of drug-likeness (QED) is 0.905. The molecule has 1 aromatic carbocycles. The van der Waals surface area contributed by atoms with Crippen molar-refractivity contribution >= 4 is 6.03 Å². The number of hydrogen-bond acceptors (Lipinski definition) is 3. The Morgan fingerprint density at radius 3 is 2.32 bits per heavy atom. The topological polar surface area (TPSA) is 50.8 Å². The molecule has 0 aliphatic carbocycles. The molecule has 0 radical (unpaired) electrons. The van der Waals surface area contributed by atoms with E-state index < -0.39 is 0 Å². The SMILES string of the molecule is COc1cccc(OC)c1CNC(=O)N1CCCC1. The maximum Gasteiger partial charge on any atom is 0.317 e. The maximum absolute atomic E-state index is 12.0. The van der Waals surface area contributed by atoms with Crippen LogP contribution in [0.2, 0.25) is 0 Å². The third-order valence-electron chi connectivity index (χ3n) is 3.34. The summed E-state index contributed by atoms with van der Waals surface area (Å²) in [7, 11) is 3.22. The van der Waals surface area contributed by atoms with Gasteiger partial charge in [0.1, 0.15) is 11.5 Å². The molecule has 2 rings (SSSR count). The normalized spacial score (nSPS) is 14.3. The van der Waals surface area contributed by atoms with Gasteiger partial charge in [-0.15, -0.1) is 0 Å². The van der Waals surface area contributed by atoms with Crippen LogP contribution >= 0.6 is 0 Å². The van der Waals surface area contributed by atoms with Crippen LogP contribution in [0.25, 0.3) is 0 Å².